The summed E-state index contributed by atoms with van der Waals surface area (Å²) in [5.41, 5.74) is 14.0. The summed E-state index contributed by atoms with van der Waals surface area (Å²) in [6.07, 6.45) is 0. The molecule has 2 aliphatic rings. The number of rotatable bonds is 10. The Hall–Kier alpha value is -8.27. The van der Waals surface area contributed by atoms with Crippen molar-refractivity contribution in [2.45, 2.75) is 0 Å². The van der Waals surface area contributed by atoms with Gasteiger partial charge in [-0.15, -0.1) is 0 Å². The Bertz CT molecular complexity index is 2910. The molecular weight excluding hydrogens is 757 g/mol. The Morgan fingerprint density at radius 1 is 0.210 bits per heavy atom. The van der Waals surface area contributed by atoms with Crippen LogP contribution in [0.15, 0.2) is 231 Å². The van der Waals surface area contributed by atoms with Crippen molar-refractivity contribution >= 4 is 61.9 Å². The summed E-state index contributed by atoms with van der Waals surface area (Å²) in [6, 6.07) is 74.6. The zero-order valence-corrected chi connectivity index (χ0v) is 33.7. The lowest BCUT2D eigenvalue weighted by Crippen LogP contribution is -2.03. The molecule has 0 amide bonds. The number of Topliss-reactive ketones (excluding diaryl/α,β-unsaturated/α-hetero) is 2. The molecule has 292 valence electrons. The van der Waals surface area contributed by atoms with E-state index in [0.717, 1.165) is 66.8 Å². The first-order valence-corrected chi connectivity index (χ1v) is 20.7. The lowest BCUT2D eigenvalue weighted by Gasteiger charge is -2.15. The Labute approximate surface area is 361 Å². The molecule has 0 aromatic heterocycles. The van der Waals surface area contributed by atoms with Crippen LogP contribution in [0.5, 0.6) is 0 Å². The van der Waals surface area contributed by atoms with Gasteiger partial charge in [0, 0.05) is 55.7 Å². The fourth-order valence-electron chi connectivity index (χ4n) is 8.83. The van der Waals surface area contributed by atoms with E-state index in [0.29, 0.717) is 33.4 Å². The van der Waals surface area contributed by atoms with E-state index in [1.807, 2.05) is 231 Å². The molecule has 0 saturated heterocycles. The lowest BCUT2D eigenvalue weighted by molar-refractivity contribution is -0.109. The van der Waals surface area contributed by atoms with Crippen molar-refractivity contribution in [3.8, 4) is 0 Å². The third kappa shape index (κ3) is 6.82. The third-order valence-electron chi connectivity index (χ3n) is 11.7. The molecule has 8 aromatic carbocycles. The van der Waals surface area contributed by atoms with Crippen molar-refractivity contribution in [3.63, 3.8) is 0 Å². The second-order valence-corrected chi connectivity index (χ2v) is 15.3. The van der Waals surface area contributed by atoms with Crippen LogP contribution in [0.2, 0.25) is 0 Å². The van der Waals surface area contributed by atoms with Gasteiger partial charge in [0.1, 0.15) is 0 Å². The Kier molecular flexibility index (Phi) is 10.0. The molecule has 2 aliphatic carbocycles. The quantitative estimate of drug-likeness (QED) is 0.130. The Morgan fingerprint density at radius 3 is 0.597 bits per heavy atom. The van der Waals surface area contributed by atoms with Gasteiger partial charge in [-0.25, -0.2) is 0 Å². The number of ketones is 3. The summed E-state index contributed by atoms with van der Waals surface area (Å²) >= 11 is 0. The van der Waals surface area contributed by atoms with Crippen molar-refractivity contribution in [2.75, 3.05) is 0 Å². The first-order chi connectivity index (χ1) is 30.6. The van der Waals surface area contributed by atoms with Crippen LogP contribution in [0.4, 0.5) is 0 Å². The van der Waals surface area contributed by atoms with Gasteiger partial charge < -0.3 is 0 Å². The molecule has 0 spiro atoms. The second-order valence-electron chi connectivity index (χ2n) is 15.3. The van der Waals surface area contributed by atoms with Crippen LogP contribution in [0.3, 0.4) is 0 Å². The van der Waals surface area contributed by atoms with Gasteiger partial charge in [0.2, 0.25) is 0 Å². The van der Waals surface area contributed by atoms with Gasteiger partial charge in [0.05, 0.1) is 0 Å². The first kappa shape index (κ1) is 38.0. The average molecular weight is 795 g/mol. The minimum Gasteiger partial charge on any atom is -0.289 e. The van der Waals surface area contributed by atoms with E-state index in [-0.39, 0.29) is 17.3 Å². The first-order valence-electron chi connectivity index (χ1n) is 20.7. The standard InChI is InChI=1S/C59H38O3/c60-57(47-35-31-45(32-36-47)51-49(39-19-7-1-8-20-39)53(41-23-11-3-12-24-41)58(61)55(51)43-27-15-5-16-28-43)48-37-33-46(34-38-48)52-50(40-21-9-2-10-22-40)54(42-25-13-4-14-26-42)59(62)56(52)44-29-17-6-18-30-44/h1-38H. The SMILES string of the molecule is O=C1C(c2ccccc2)=C(c2ccccc2)C(c2ccc(C(=O)c3ccc(C4=C(c5ccccc5)C(=O)C(c5ccccc5)=C4c4ccccc4)cc3)cc2)=C1c1ccccc1. The molecule has 10 rings (SSSR count). The van der Waals surface area contributed by atoms with Gasteiger partial charge in [-0.05, 0) is 44.5 Å². The highest BCUT2D eigenvalue weighted by molar-refractivity contribution is 6.60. The van der Waals surface area contributed by atoms with E-state index in [1.165, 1.54) is 0 Å². The fourth-order valence-corrected chi connectivity index (χ4v) is 8.83. The summed E-state index contributed by atoms with van der Waals surface area (Å²) in [5, 5.41) is 0. The predicted molar refractivity (Wildman–Crippen MR) is 252 cm³/mol. The summed E-state index contributed by atoms with van der Waals surface area (Å²) in [6.45, 7) is 0. The van der Waals surface area contributed by atoms with Crippen molar-refractivity contribution in [2.24, 2.45) is 0 Å². The van der Waals surface area contributed by atoms with Crippen LogP contribution in [-0.2, 0) is 9.59 Å². The maximum absolute atomic E-state index is 14.7. The highest BCUT2D eigenvalue weighted by atomic mass is 16.1. The van der Waals surface area contributed by atoms with E-state index in [1.54, 1.807) is 0 Å². The molecule has 3 heteroatoms. The second kappa shape index (κ2) is 16.4. The van der Waals surface area contributed by atoms with Crippen molar-refractivity contribution in [1.29, 1.82) is 0 Å². The maximum atomic E-state index is 14.7. The molecule has 0 aliphatic heterocycles. The van der Waals surface area contributed by atoms with Crippen LogP contribution in [0.1, 0.15) is 60.4 Å². The molecule has 0 N–H and O–H groups in total. The molecule has 0 atom stereocenters. The number of benzene rings is 8. The average Bonchev–Trinajstić information content (AvgIpc) is 3.83. The predicted octanol–water partition coefficient (Wildman–Crippen LogP) is 13.1. The van der Waals surface area contributed by atoms with Gasteiger partial charge in [-0.2, -0.15) is 0 Å². The van der Waals surface area contributed by atoms with Crippen LogP contribution in [-0.4, -0.2) is 17.3 Å². The Morgan fingerprint density at radius 2 is 0.387 bits per heavy atom. The van der Waals surface area contributed by atoms with Gasteiger partial charge >= 0.3 is 0 Å². The maximum Gasteiger partial charge on any atom is 0.195 e. The van der Waals surface area contributed by atoms with Crippen LogP contribution < -0.4 is 0 Å². The number of hydrogen-bond donors (Lipinski definition) is 0. The van der Waals surface area contributed by atoms with Gasteiger partial charge in [0.25, 0.3) is 0 Å². The molecule has 0 saturated carbocycles. The molecule has 0 fully saturated rings. The molecule has 0 radical (unpaired) electrons. The summed E-state index contributed by atoms with van der Waals surface area (Å²) in [7, 11) is 0. The number of carbonyl (C=O) groups is 3. The van der Waals surface area contributed by atoms with Crippen molar-refractivity contribution in [1.82, 2.24) is 0 Å². The summed E-state index contributed by atoms with van der Waals surface area (Å²) in [4.78, 5) is 43.6. The van der Waals surface area contributed by atoms with Crippen molar-refractivity contribution in [3.05, 3.63) is 286 Å². The van der Waals surface area contributed by atoms with Gasteiger partial charge in [-0.1, -0.05) is 231 Å². The van der Waals surface area contributed by atoms with Crippen molar-refractivity contribution < 1.29 is 14.4 Å². The van der Waals surface area contributed by atoms with E-state index in [2.05, 4.69) is 0 Å². The van der Waals surface area contributed by atoms with E-state index < -0.39 is 0 Å². The van der Waals surface area contributed by atoms with Gasteiger partial charge in [0.15, 0.2) is 17.3 Å². The fraction of sp³-hybridized carbons (Fsp3) is 0. The largest absolute Gasteiger partial charge is 0.289 e. The van der Waals surface area contributed by atoms with Crippen LogP contribution in [0.25, 0.3) is 44.6 Å². The van der Waals surface area contributed by atoms with Gasteiger partial charge in [-0.3, -0.25) is 14.4 Å². The Balaban J connectivity index is 1.05. The molecule has 3 nitrogen and oxygen atoms in total. The third-order valence-corrected chi connectivity index (χ3v) is 11.7. The molecule has 0 heterocycles. The van der Waals surface area contributed by atoms with Crippen LogP contribution in [0, 0.1) is 0 Å². The monoisotopic (exact) mass is 794 g/mol. The van der Waals surface area contributed by atoms with E-state index in [4.69, 9.17) is 0 Å². The minimum atomic E-state index is -0.129. The highest BCUT2D eigenvalue weighted by Crippen LogP contribution is 2.51. The minimum absolute atomic E-state index is 0.0350. The molecule has 62 heavy (non-hydrogen) atoms. The molecule has 8 aromatic rings. The normalized spacial score (nSPS) is 14.0. The van der Waals surface area contributed by atoms with E-state index in [9.17, 15) is 14.4 Å². The zero-order chi connectivity index (χ0) is 42.0. The molecule has 0 unspecified atom stereocenters. The van der Waals surface area contributed by atoms with Crippen LogP contribution >= 0.6 is 0 Å². The highest BCUT2D eigenvalue weighted by Gasteiger charge is 2.37. The summed E-state index contributed by atoms with van der Waals surface area (Å²) in [5.74, 6) is -0.200. The number of carbonyl (C=O) groups excluding carboxylic acids is 3. The molecular formula is C59H38O3. The smallest absolute Gasteiger partial charge is 0.195 e. The zero-order valence-electron chi connectivity index (χ0n) is 33.7. The molecule has 0 bridgehead atoms. The lowest BCUT2D eigenvalue weighted by atomic mass is 9.88. The summed E-state index contributed by atoms with van der Waals surface area (Å²) < 4.78 is 0. The topological polar surface area (TPSA) is 51.2 Å². The number of hydrogen-bond acceptors (Lipinski definition) is 3. The number of allylic oxidation sites excluding steroid dienone is 8. The van der Waals surface area contributed by atoms with E-state index >= 15 is 0 Å².